The van der Waals surface area contributed by atoms with Crippen LogP contribution in [0.1, 0.15) is 19.4 Å². The van der Waals surface area contributed by atoms with Crippen LogP contribution in [-0.2, 0) is 4.74 Å². The molecule has 0 amide bonds. The molecule has 1 heterocycles. The smallest absolute Gasteiger partial charge is 0.312 e. The van der Waals surface area contributed by atoms with Gasteiger partial charge >= 0.3 is 5.69 Å². The number of aromatic nitrogens is 1. The fourth-order valence-electron chi connectivity index (χ4n) is 2.00. The Morgan fingerprint density at radius 3 is 2.86 bits per heavy atom. The van der Waals surface area contributed by atoms with Gasteiger partial charge in [-0.15, -0.1) is 0 Å². The van der Waals surface area contributed by atoms with E-state index >= 15 is 0 Å². The van der Waals surface area contributed by atoms with E-state index in [0.29, 0.717) is 13.2 Å². The summed E-state index contributed by atoms with van der Waals surface area (Å²) in [5.74, 6) is -0.00771. The van der Waals surface area contributed by atoms with Gasteiger partial charge in [0.1, 0.15) is 0 Å². The van der Waals surface area contributed by atoms with Crippen molar-refractivity contribution in [1.29, 1.82) is 0 Å². The topological polar surface area (TPSA) is 127 Å². The molecule has 1 rings (SSSR count). The second-order valence-electron chi connectivity index (χ2n) is 4.40. The van der Waals surface area contributed by atoms with Crippen LogP contribution in [0.15, 0.2) is 17.4 Å². The number of oxime groups is 1. The number of nitro groups is 1. The molecule has 0 fully saturated rings. The van der Waals surface area contributed by atoms with Gasteiger partial charge < -0.3 is 20.6 Å². The minimum absolute atomic E-state index is 0.0825. The maximum Gasteiger partial charge on any atom is 0.312 e. The lowest BCUT2D eigenvalue weighted by Gasteiger charge is -2.28. The highest BCUT2D eigenvalue weighted by Gasteiger charge is 2.25. The molecule has 0 spiro atoms. The van der Waals surface area contributed by atoms with Gasteiger partial charge in [-0.25, -0.2) is 4.98 Å². The van der Waals surface area contributed by atoms with Gasteiger partial charge in [-0.2, -0.15) is 0 Å². The lowest BCUT2D eigenvalue weighted by atomic mass is 10.2. The van der Waals surface area contributed by atoms with Crippen LogP contribution in [0.4, 0.5) is 11.5 Å². The van der Waals surface area contributed by atoms with Gasteiger partial charge in [0.15, 0.2) is 5.84 Å². The Hall–Kier alpha value is -2.42. The molecular formula is C12H19N5O4. The second kappa shape index (κ2) is 7.39. The first-order chi connectivity index (χ1) is 9.96. The maximum absolute atomic E-state index is 11.3. The number of hydrogen-bond donors (Lipinski definition) is 2. The number of likely N-dealkylation sites (N-methyl/N-ethyl adjacent to an activating group) is 1. The normalized spacial score (nSPS) is 13.0. The van der Waals surface area contributed by atoms with Crippen LogP contribution in [0, 0.1) is 10.1 Å². The molecule has 3 N–H and O–H groups in total. The summed E-state index contributed by atoms with van der Waals surface area (Å²) >= 11 is 0. The SMILES string of the molecule is CCN(c1ncc(C(N)=NO)cc1[N+](=O)[O-])C(C)COC. The average molecular weight is 297 g/mol. The van der Waals surface area contributed by atoms with Crippen LogP contribution < -0.4 is 10.6 Å². The number of ether oxygens (including phenoxy) is 1. The third-order valence-electron chi connectivity index (χ3n) is 3.00. The predicted molar refractivity (Wildman–Crippen MR) is 77.8 cm³/mol. The van der Waals surface area contributed by atoms with Gasteiger partial charge in [-0.1, -0.05) is 5.16 Å². The Labute approximate surface area is 122 Å². The highest BCUT2D eigenvalue weighted by Crippen LogP contribution is 2.28. The molecule has 0 aliphatic rings. The summed E-state index contributed by atoms with van der Waals surface area (Å²) in [5, 5.41) is 22.7. The third-order valence-corrected chi connectivity index (χ3v) is 3.00. The van der Waals surface area contributed by atoms with Crippen LogP contribution in [0.2, 0.25) is 0 Å². The number of hydrogen-bond acceptors (Lipinski definition) is 7. The monoisotopic (exact) mass is 297 g/mol. The first-order valence-electron chi connectivity index (χ1n) is 6.34. The highest BCUT2D eigenvalue weighted by molar-refractivity contribution is 5.97. The van der Waals surface area contributed by atoms with Gasteiger partial charge in [0, 0.05) is 31.5 Å². The Morgan fingerprint density at radius 2 is 2.38 bits per heavy atom. The number of amidine groups is 1. The van der Waals surface area contributed by atoms with E-state index in [9.17, 15) is 10.1 Å². The standard InChI is InChI=1S/C12H19N5O4/c1-4-16(8(2)7-21-3)12-10(17(19)20)5-9(6-14-12)11(13)15-18/h5-6,8,18H,4,7H2,1-3H3,(H2,13,15). The summed E-state index contributed by atoms with van der Waals surface area (Å²) in [6.07, 6.45) is 1.33. The van der Waals surface area contributed by atoms with Crippen molar-refractivity contribution < 1.29 is 14.9 Å². The van der Waals surface area contributed by atoms with Crippen LogP contribution in [-0.4, -0.2) is 47.3 Å². The lowest BCUT2D eigenvalue weighted by Crippen LogP contribution is -2.37. The Kier molecular flexibility index (Phi) is 5.85. The van der Waals surface area contributed by atoms with Crippen molar-refractivity contribution in [3.05, 3.63) is 27.9 Å². The van der Waals surface area contributed by atoms with Crippen molar-refractivity contribution >= 4 is 17.3 Å². The van der Waals surface area contributed by atoms with Crippen LogP contribution in [0.25, 0.3) is 0 Å². The third kappa shape index (κ3) is 3.78. The predicted octanol–water partition coefficient (Wildman–Crippen LogP) is 0.945. The van der Waals surface area contributed by atoms with Crippen molar-refractivity contribution in [2.45, 2.75) is 19.9 Å². The first-order valence-corrected chi connectivity index (χ1v) is 6.34. The van der Waals surface area contributed by atoms with Crippen LogP contribution >= 0.6 is 0 Å². The molecule has 1 aromatic heterocycles. The second-order valence-corrected chi connectivity index (χ2v) is 4.40. The molecule has 0 bridgehead atoms. The molecule has 1 atom stereocenters. The van der Waals surface area contributed by atoms with E-state index in [1.165, 1.54) is 12.3 Å². The van der Waals surface area contributed by atoms with Gasteiger partial charge in [-0.3, -0.25) is 10.1 Å². The van der Waals surface area contributed by atoms with Gasteiger partial charge in [-0.05, 0) is 13.8 Å². The number of anilines is 1. The summed E-state index contributed by atoms with van der Waals surface area (Å²) in [6.45, 7) is 4.70. The fraction of sp³-hybridized carbons (Fsp3) is 0.500. The summed E-state index contributed by atoms with van der Waals surface area (Å²) in [5.41, 5.74) is 5.41. The summed E-state index contributed by atoms with van der Waals surface area (Å²) in [7, 11) is 1.56. The molecule has 21 heavy (non-hydrogen) atoms. The molecule has 1 aromatic rings. The minimum Gasteiger partial charge on any atom is -0.409 e. The first kappa shape index (κ1) is 16.6. The number of methoxy groups -OCH3 is 1. The molecular weight excluding hydrogens is 278 g/mol. The molecule has 1 unspecified atom stereocenters. The van der Waals surface area contributed by atoms with Gasteiger partial charge in [0.2, 0.25) is 5.82 Å². The molecule has 116 valence electrons. The minimum atomic E-state index is -0.543. The van der Waals surface area contributed by atoms with Crippen molar-refractivity contribution in [3.8, 4) is 0 Å². The van der Waals surface area contributed by atoms with Crippen LogP contribution in [0.3, 0.4) is 0 Å². The molecule has 9 nitrogen and oxygen atoms in total. The zero-order chi connectivity index (χ0) is 16.0. The van der Waals surface area contributed by atoms with E-state index in [4.69, 9.17) is 15.7 Å². The van der Waals surface area contributed by atoms with E-state index in [0.717, 1.165) is 0 Å². The number of nitrogens with zero attached hydrogens (tertiary/aromatic N) is 4. The summed E-state index contributed by atoms with van der Waals surface area (Å²) in [4.78, 5) is 16.6. The Balaban J connectivity index is 3.31. The van der Waals surface area contributed by atoms with Crippen LogP contribution in [0.5, 0.6) is 0 Å². The van der Waals surface area contributed by atoms with E-state index in [1.807, 2.05) is 13.8 Å². The van der Waals surface area contributed by atoms with Crippen molar-refractivity contribution in [1.82, 2.24) is 4.98 Å². The van der Waals surface area contributed by atoms with Gasteiger partial charge in [0.25, 0.3) is 0 Å². The van der Waals surface area contributed by atoms with E-state index in [1.54, 1.807) is 12.0 Å². The fourth-order valence-corrected chi connectivity index (χ4v) is 2.00. The molecule has 0 saturated carbocycles. The number of rotatable bonds is 7. The van der Waals surface area contributed by atoms with E-state index in [-0.39, 0.29) is 28.9 Å². The van der Waals surface area contributed by atoms with E-state index in [2.05, 4.69) is 10.1 Å². The molecule has 0 saturated heterocycles. The zero-order valence-electron chi connectivity index (χ0n) is 12.2. The summed E-state index contributed by atoms with van der Waals surface area (Å²) in [6, 6.07) is 1.15. The van der Waals surface area contributed by atoms with Crippen molar-refractivity contribution in [2.24, 2.45) is 10.9 Å². The van der Waals surface area contributed by atoms with Gasteiger partial charge in [0.05, 0.1) is 17.6 Å². The molecule has 0 aliphatic carbocycles. The lowest BCUT2D eigenvalue weighted by molar-refractivity contribution is -0.384. The van der Waals surface area contributed by atoms with Crippen molar-refractivity contribution in [3.63, 3.8) is 0 Å². The quantitative estimate of drug-likeness (QED) is 0.252. The Morgan fingerprint density at radius 1 is 1.71 bits per heavy atom. The Bertz CT molecular complexity index is 534. The number of pyridine rings is 1. The summed E-state index contributed by atoms with van der Waals surface area (Å²) < 4.78 is 5.08. The zero-order valence-corrected chi connectivity index (χ0v) is 12.2. The molecule has 0 aliphatic heterocycles. The molecule has 9 heteroatoms. The largest absolute Gasteiger partial charge is 0.409 e. The molecule has 0 aromatic carbocycles. The molecule has 0 radical (unpaired) electrons. The number of nitrogens with two attached hydrogens (primary N) is 1. The average Bonchev–Trinajstić information content (AvgIpc) is 2.47. The maximum atomic E-state index is 11.3. The van der Waals surface area contributed by atoms with E-state index < -0.39 is 4.92 Å². The highest BCUT2D eigenvalue weighted by atomic mass is 16.6. The van der Waals surface area contributed by atoms with Crippen molar-refractivity contribution in [2.75, 3.05) is 25.2 Å².